The first-order valence-electron chi connectivity index (χ1n) is 8.32. The largest absolute Gasteiger partial charge is 0.444 e. The molecule has 1 amide bonds. The first-order valence-corrected chi connectivity index (χ1v) is 9.13. The van der Waals surface area contributed by atoms with Crippen molar-refractivity contribution in [2.45, 2.75) is 72.6 Å². The molecule has 1 aromatic heterocycles. The van der Waals surface area contributed by atoms with Crippen LogP contribution in [-0.4, -0.2) is 35.2 Å². The van der Waals surface area contributed by atoms with Crippen LogP contribution in [-0.2, 0) is 17.7 Å². The second-order valence-corrected chi connectivity index (χ2v) is 8.95. The molecule has 0 aliphatic carbocycles. The molecular weight excluding hydrogens is 308 g/mol. The van der Waals surface area contributed by atoms with Crippen LogP contribution < -0.4 is 5.32 Å². The molecule has 0 saturated heterocycles. The SMILES string of the molecule is CCc1ccc(CNCCN(C(=O)OC(C)(C)C)C(C)(C)C)s1. The Bertz CT molecular complexity index is 498. The fraction of sp³-hybridized carbons (Fsp3) is 0.722. The van der Waals surface area contributed by atoms with Gasteiger partial charge in [0.15, 0.2) is 0 Å². The van der Waals surface area contributed by atoms with Gasteiger partial charge < -0.3 is 15.0 Å². The molecule has 1 heterocycles. The number of nitrogens with zero attached hydrogens (tertiary/aromatic N) is 1. The minimum Gasteiger partial charge on any atom is -0.444 e. The smallest absolute Gasteiger partial charge is 0.410 e. The summed E-state index contributed by atoms with van der Waals surface area (Å²) in [7, 11) is 0. The predicted molar refractivity (Wildman–Crippen MR) is 98.1 cm³/mol. The van der Waals surface area contributed by atoms with E-state index < -0.39 is 5.60 Å². The third-order valence-corrected chi connectivity index (χ3v) is 4.53. The fourth-order valence-electron chi connectivity index (χ4n) is 2.13. The molecule has 1 N–H and O–H groups in total. The van der Waals surface area contributed by atoms with Crippen LogP contribution in [0.15, 0.2) is 12.1 Å². The van der Waals surface area contributed by atoms with Gasteiger partial charge in [0.1, 0.15) is 5.60 Å². The molecule has 0 aliphatic heterocycles. The lowest BCUT2D eigenvalue weighted by Gasteiger charge is -2.36. The second kappa shape index (κ2) is 8.15. The third-order valence-electron chi connectivity index (χ3n) is 3.30. The van der Waals surface area contributed by atoms with E-state index in [4.69, 9.17) is 4.74 Å². The number of hydrogen-bond acceptors (Lipinski definition) is 4. The van der Waals surface area contributed by atoms with Gasteiger partial charge in [-0.15, -0.1) is 11.3 Å². The van der Waals surface area contributed by atoms with Crippen LogP contribution in [0.25, 0.3) is 0 Å². The highest BCUT2D eigenvalue weighted by Gasteiger charge is 2.30. The minimum atomic E-state index is -0.471. The first-order chi connectivity index (χ1) is 10.5. The zero-order chi connectivity index (χ0) is 17.7. The maximum Gasteiger partial charge on any atom is 0.410 e. The molecule has 23 heavy (non-hydrogen) atoms. The number of carbonyl (C=O) groups excluding carboxylic acids is 1. The van der Waals surface area contributed by atoms with Crippen molar-refractivity contribution in [3.05, 3.63) is 21.9 Å². The third kappa shape index (κ3) is 7.36. The average molecular weight is 341 g/mol. The molecule has 0 saturated carbocycles. The standard InChI is InChI=1S/C18H32N2O2S/c1-8-14-9-10-15(23-14)13-19-11-12-20(17(2,3)4)16(21)22-18(5,6)7/h9-10,19H,8,11-13H2,1-7H3. The van der Waals surface area contributed by atoms with Gasteiger partial charge >= 0.3 is 6.09 Å². The molecule has 0 atom stereocenters. The highest BCUT2D eigenvalue weighted by molar-refractivity contribution is 7.11. The summed E-state index contributed by atoms with van der Waals surface area (Å²) in [5.74, 6) is 0. The Kier molecular flexibility index (Phi) is 7.08. The van der Waals surface area contributed by atoms with Crippen molar-refractivity contribution < 1.29 is 9.53 Å². The van der Waals surface area contributed by atoms with Gasteiger partial charge in [-0.25, -0.2) is 4.79 Å². The van der Waals surface area contributed by atoms with E-state index in [2.05, 4.69) is 24.4 Å². The lowest BCUT2D eigenvalue weighted by atomic mass is 10.1. The lowest BCUT2D eigenvalue weighted by Crippen LogP contribution is -2.50. The van der Waals surface area contributed by atoms with Crippen molar-refractivity contribution >= 4 is 17.4 Å². The van der Waals surface area contributed by atoms with Crippen LogP contribution in [0.5, 0.6) is 0 Å². The number of thiophene rings is 1. The van der Waals surface area contributed by atoms with Crippen molar-refractivity contribution in [3.8, 4) is 0 Å². The number of rotatable bonds is 6. The summed E-state index contributed by atoms with van der Waals surface area (Å²) in [6.07, 6.45) is 0.831. The normalized spacial score (nSPS) is 12.3. The Morgan fingerprint density at radius 2 is 1.78 bits per heavy atom. The van der Waals surface area contributed by atoms with Gasteiger partial charge in [-0.3, -0.25) is 0 Å². The van der Waals surface area contributed by atoms with E-state index >= 15 is 0 Å². The van der Waals surface area contributed by atoms with Gasteiger partial charge in [-0.1, -0.05) is 6.92 Å². The molecule has 0 fully saturated rings. The first kappa shape index (κ1) is 20.0. The summed E-state index contributed by atoms with van der Waals surface area (Å²) in [5.41, 5.74) is -0.732. The van der Waals surface area contributed by atoms with E-state index in [1.54, 1.807) is 4.90 Å². The van der Waals surface area contributed by atoms with Crippen molar-refractivity contribution in [2.24, 2.45) is 0 Å². The molecule has 5 heteroatoms. The van der Waals surface area contributed by atoms with Crippen molar-refractivity contribution in [3.63, 3.8) is 0 Å². The molecule has 0 bridgehead atoms. The van der Waals surface area contributed by atoms with Crippen LogP contribution in [0.3, 0.4) is 0 Å². The van der Waals surface area contributed by atoms with Gasteiger partial charge in [-0.2, -0.15) is 0 Å². The summed E-state index contributed by atoms with van der Waals surface area (Å²) < 4.78 is 5.52. The summed E-state index contributed by atoms with van der Waals surface area (Å²) >= 11 is 1.84. The number of ether oxygens (including phenoxy) is 1. The molecule has 132 valence electrons. The quantitative estimate of drug-likeness (QED) is 0.779. The molecule has 1 rings (SSSR count). The summed E-state index contributed by atoms with van der Waals surface area (Å²) in [6, 6.07) is 4.36. The fourth-order valence-corrected chi connectivity index (χ4v) is 3.05. The molecule has 1 aromatic rings. The van der Waals surface area contributed by atoms with E-state index in [0.29, 0.717) is 6.54 Å². The molecule has 0 unspecified atom stereocenters. The molecule has 0 spiro atoms. The number of nitrogens with one attached hydrogen (secondary N) is 1. The summed E-state index contributed by atoms with van der Waals surface area (Å²) in [6.45, 7) is 16.2. The van der Waals surface area contributed by atoms with E-state index in [9.17, 15) is 4.79 Å². The average Bonchev–Trinajstić information content (AvgIpc) is 2.82. The Morgan fingerprint density at radius 1 is 1.17 bits per heavy atom. The van der Waals surface area contributed by atoms with Crippen LogP contribution >= 0.6 is 11.3 Å². The predicted octanol–water partition coefficient (Wildman–Crippen LogP) is 4.44. The van der Waals surface area contributed by atoms with Crippen LogP contribution in [0, 0.1) is 0 Å². The minimum absolute atomic E-state index is 0.254. The molecule has 0 radical (unpaired) electrons. The highest BCUT2D eigenvalue weighted by atomic mass is 32.1. The van der Waals surface area contributed by atoms with Crippen molar-refractivity contribution in [1.82, 2.24) is 10.2 Å². The number of carbonyl (C=O) groups is 1. The Balaban J connectivity index is 2.50. The van der Waals surface area contributed by atoms with Gasteiger partial charge in [0.2, 0.25) is 0 Å². The molecular formula is C18H32N2O2S. The molecule has 0 aromatic carbocycles. The lowest BCUT2D eigenvalue weighted by molar-refractivity contribution is 0.00664. The second-order valence-electron chi connectivity index (χ2n) is 7.70. The summed E-state index contributed by atoms with van der Waals surface area (Å²) in [4.78, 5) is 16.9. The van der Waals surface area contributed by atoms with Gasteiger partial charge in [0, 0.05) is 34.9 Å². The zero-order valence-corrected chi connectivity index (χ0v) is 16.5. The molecule has 0 aliphatic rings. The van der Waals surface area contributed by atoms with Gasteiger partial charge in [0.25, 0.3) is 0 Å². The Morgan fingerprint density at radius 3 is 2.26 bits per heavy atom. The highest BCUT2D eigenvalue weighted by Crippen LogP contribution is 2.18. The topological polar surface area (TPSA) is 41.6 Å². The van der Waals surface area contributed by atoms with Crippen LogP contribution in [0.4, 0.5) is 4.79 Å². The van der Waals surface area contributed by atoms with E-state index in [1.165, 1.54) is 9.75 Å². The van der Waals surface area contributed by atoms with E-state index in [-0.39, 0.29) is 11.6 Å². The van der Waals surface area contributed by atoms with Crippen LogP contribution in [0.1, 0.15) is 58.2 Å². The Hall–Kier alpha value is -1.07. The van der Waals surface area contributed by atoms with Gasteiger partial charge in [-0.05, 0) is 60.1 Å². The van der Waals surface area contributed by atoms with Crippen molar-refractivity contribution in [2.75, 3.05) is 13.1 Å². The maximum atomic E-state index is 12.4. The number of amides is 1. The maximum absolute atomic E-state index is 12.4. The monoisotopic (exact) mass is 340 g/mol. The van der Waals surface area contributed by atoms with E-state index in [0.717, 1.165) is 19.5 Å². The van der Waals surface area contributed by atoms with Gasteiger partial charge in [0.05, 0.1) is 0 Å². The summed E-state index contributed by atoms with van der Waals surface area (Å²) in [5, 5.41) is 3.42. The molecule has 4 nitrogen and oxygen atoms in total. The van der Waals surface area contributed by atoms with Crippen LogP contribution in [0.2, 0.25) is 0 Å². The van der Waals surface area contributed by atoms with E-state index in [1.807, 2.05) is 52.9 Å². The number of aryl methyl sites for hydroxylation is 1. The Labute approximate surface area is 145 Å². The van der Waals surface area contributed by atoms with Crippen molar-refractivity contribution in [1.29, 1.82) is 0 Å². The zero-order valence-electron chi connectivity index (χ0n) is 15.7. The number of hydrogen-bond donors (Lipinski definition) is 1.